The van der Waals surface area contributed by atoms with Gasteiger partial charge >= 0.3 is 0 Å². The van der Waals surface area contributed by atoms with Crippen LogP contribution in [0.1, 0.15) is 26.0 Å². The molecule has 2 heterocycles. The zero-order valence-corrected chi connectivity index (χ0v) is 11.5. The first-order valence-corrected chi connectivity index (χ1v) is 6.82. The molecule has 0 radical (unpaired) electrons. The van der Waals surface area contributed by atoms with Gasteiger partial charge in [0.1, 0.15) is 5.82 Å². The monoisotopic (exact) mass is 261 g/mol. The summed E-state index contributed by atoms with van der Waals surface area (Å²) in [5.41, 5.74) is 0.762. The van der Waals surface area contributed by atoms with Crippen LogP contribution in [0.4, 0.5) is 4.39 Å². The number of piperidine rings is 1. The van der Waals surface area contributed by atoms with Crippen LogP contribution in [-0.2, 0) is 6.54 Å². The van der Waals surface area contributed by atoms with Gasteiger partial charge in [0.25, 0.3) is 0 Å². The van der Waals surface area contributed by atoms with E-state index in [9.17, 15) is 9.65 Å². The molecule has 3 nitrogen and oxygen atoms in total. The molecule has 0 aliphatic carbocycles. The first-order chi connectivity index (χ1) is 9.10. The molecule has 2 unspecified atom stereocenters. The molecule has 0 N–H and O–H groups in total. The Morgan fingerprint density at radius 1 is 1.58 bits per heavy atom. The summed E-state index contributed by atoms with van der Waals surface area (Å²) in [4.78, 5) is 6.47. The molecule has 1 aromatic rings. The summed E-state index contributed by atoms with van der Waals surface area (Å²) in [5.74, 6) is 0.800. The zero-order valence-electron chi connectivity index (χ0n) is 11.5. The van der Waals surface area contributed by atoms with E-state index in [1.165, 1.54) is 18.3 Å². The van der Waals surface area contributed by atoms with Crippen molar-refractivity contribution in [2.24, 2.45) is 17.8 Å². The second-order valence-corrected chi connectivity index (χ2v) is 5.63. The lowest BCUT2D eigenvalue weighted by Crippen LogP contribution is -2.41. The molecule has 1 fully saturated rings. The predicted molar refractivity (Wildman–Crippen MR) is 71.5 cm³/mol. The van der Waals surface area contributed by atoms with Gasteiger partial charge in [-0.15, -0.1) is 0 Å². The van der Waals surface area contributed by atoms with Crippen LogP contribution in [0.5, 0.6) is 0 Å². The van der Waals surface area contributed by atoms with Gasteiger partial charge in [-0.05, 0) is 36.9 Å². The van der Waals surface area contributed by atoms with Crippen LogP contribution in [0.2, 0.25) is 0 Å². The maximum Gasteiger partial charge on any atom is 0.126 e. The van der Waals surface area contributed by atoms with Gasteiger partial charge in [0.05, 0.1) is 17.7 Å². The first-order valence-electron chi connectivity index (χ1n) is 6.82. The van der Waals surface area contributed by atoms with Gasteiger partial charge in [0, 0.05) is 19.3 Å². The number of halogens is 1. The van der Waals surface area contributed by atoms with Crippen LogP contribution in [0, 0.1) is 34.9 Å². The molecule has 2 atom stereocenters. The SMILES string of the molecule is CC(C)C1CN(Cc2cc(F)ccn2)CCC1C#N. The topological polar surface area (TPSA) is 39.9 Å². The van der Waals surface area contributed by atoms with E-state index in [1.807, 2.05) is 0 Å². The number of hydrogen-bond acceptors (Lipinski definition) is 3. The van der Waals surface area contributed by atoms with Crippen molar-refractivity contribution in [3.63, 3.8) is 0 Å². The summed E-state index contributed by atoms with van der Waals surface area (Å²) in [6, 6.07) is 5.28. The van der Waals surface area contributed by atoms with E-state index in [4.69, 9.17) is 0 Å². The summed E-state index contributed by atoms with van der Waals surface area (Å²) in [6.45, 7) is 6.78. The smallest absolute Gasteiger partial charge is 0.126 e. The minimum atomic E-state index is -0.239. The molecular formula is C15H20FN3. The second-order valence-electron chi connectivity index (χ2n) is 5.63. The number of nitrogens with zero attached hydrogens (tertiary/aromatic N) is 3. The van der Waals surface area contributed by atoms with Crippen molar-refractivity contribution in [1.82, 2.24) is 9.88 Å². The lowest BCUT2D eigenvalue weighted by molar-refractivity contribution is 0.107. The van der Waals surface area contributed by atoms with Crippen LogP contribution in [0.25, 0.3) is 0 Å². The molecule has 4 heteroatoms. The van der Waals surface area contributed by atoms with E-state index in [0.29, 0.717) is 18.4 Å². The van der Waals surface area contributed by atoms with E-state index in [2.05, 4.69) is 29.8 Å². The van der Waals surface area contributed by atoms with Gasteiger partial charge in [0.15, 0.2) is 0 Å². The number of pyridine rings is 1. The normalized spacial score (nSPS) is 24.4. The summed E-state index contributed by atoms with van der Waals surface area (Å²) < 4.78 is 13.1. The number of nitriles is 1. The van der Waals surface area contributed by atoms with Crippen LogP contribution < -0.4 is 0 Å². The average molecular weight is 261 g/mol. The van der Waals surface area contributed by atoms with E-state index in [1.54, 1.807) is 0 Å². The Balaban J connectivity index is 2.01. The number of hydrogen-bond donors (Lipinski definition) is 0. The van der Waals surface area contributed by atoms with Gasteiger partial charge in [-0.1, -0.05) is 13.8 Å². The lowest BCUT2D eigenvalue weighted by atomic mass is 9.79. The molecule has 19 heavy (non-hydrogen) atoms. The lowest BCUT2D eigenvalue weighted by Gasteiger charge is -2.37. The molecule has 1 aromatic heterocycles. The molecule has 0 spiro atoms. The standard InChI is InChI=1S/C15H20FN3/c1-11(2)15-10-19(6-4-12(15)8-17)9-14-7-13(16)3-5-18-14/h3,5,7,11-12,15H,4,6,9-10H2,1-2H3. The maximum absolute atomic E-state index is 13.1. The summed E-state index contributed by atoms with van der Waals surface area (Å²) >= 11 is 0. The molecular weight excluding hydrogens is 241 g/mol. The fourth-order valence-electron chi connectivity index (χ4n) is 2.80. The fourth-order valence-corrected chi connectivity index (χ4v) is 2.80. The largest absolute Gasteiger partial charge is 0.297 e. The second kappa shape index (κ2) is 6.12. The third-order valence-corrected chi connectivity index (χ3v) is 3.93. The Morgan fingerprint density at radius 3 is 3.00 bits per heavy atom. The Labute approximate surface area is 114 Å². The molecule has 0 aromatic carbocycles. The van der Waals surface area contributed by atoms with Crippen LogP contribution in [0.15, 0.2) is 18.3 Å². The van der Waals surface area contributed by atoms with Crippen molar-refractivity contribution in [1.29, 1.82) is 5.26 Å². The van der Waals surface area contributed by atoms with Gasteiger partial charge < -0.3 is 0 Å². The van der Waals surface area contributed by atoms with Crippen LogP contribution in [0.3, 0.4) is 0 Å². The van der Waals surface area contributed by atoms with Gasteiger partial charge in [-0.3, -0.25) is 9.88 Å². The van der Waals surface area contributed by atoms with E-state index < -0.39 is 0 Å². The minimum absolute atomic E-state index is 0.150. The van der Waals surface area contributed by atoms with Gasteiger partial charge in [-0.25, -0.2) is 4.39 Å². The zero-order chi connectivity index (χ0) is 13.8. The summed E-state index contributed by atoms with van der Waals surface area (Å²) in [5, 5.41) is 9.19. The summed E-state index contributed by atoms with van der Waals surface area (Å²) in [7, 11) is 0. The Kier molecular flexibility index (Phi) is 4.49. The Bertz CT molecular complexity index is 467. The highest BCUT2D eigenvalue weighted by molar-refractivity contribution is 5.06. The third kappa shape index (κ3) is 3.51. The fraction of sp³-hybridized carbons (Fsp3) is 0.600. The molecule has 1 aliphatic rings. The van der Waals surface area contributed by atoms with Crippen molar-refractivity contribution < 1.29 is 4.39 Å². The van der Waals surface area contributed by atoms with Gasteiger partial charge in [-0.2, -0.15) is 5.26 Å². The van der Waals surface area contributed by atoms with Crippen molar-refractivity contribution in [2.75, 3.05) is 13.1 Å². The minimum Gasteiger partial charge on any atom is -0.297 e. The highest BCUT2D eigenvalue weighted by Crippen LogP contribution is 2.29. The first kappa shape index (κ1) is 14.0. The van der Waals surface area contributed by atoms with Crippen LogP contribution in [-0.4, -0.2) is 23.0 Å². The predicted octanol–water partition coefficient (Wildman–Crippen LogP) is 2.84. The van der Waals surface area contributed by atoms with E-state index in [-0.39, 0.29) is 11.7 Å². The van der Waals surface area contributed by atoms with Crippen molar-refractivity contribution in [3.05, 3.63) is 29.8 Å². The van der Waals surface area contributed by atoms with Gasteiger partial charge in [0.2, 0.25) is 0 Å². The third-order valence-electron chi connectivity index (χ3n) is 3.93. The Hall–Kier alpha value is -1.47. The van der Waals surface area contributed by atoms with E-state index in [0.717, 1.165) is 25.2 Å². The Morgan fingerprint density at radius 2 is 2.37 bits per heavy atom. The highest BCUT2D eigenvalue weighted by atomic mass is 19.1. The molecule has 1 saturated heterocycles. The molecule has 2 rings (SSSR count). The van der Waals surface area contributed by atoms with Crippen LogP contribution >= 0.6 is 0 Å². The molecule has 1 aliphatic heterocycles. The van der Waals surface area contributed by atoms with Crippen molar-refractivity contribution >= 4 is 0 Å². The maximum atomic E-state index is 13.1. The highest BCUT2D eigenvalue weighted by Gasteiger charge is 2.31. The molecule has 102 valence electrons. The van der Waals surface area contributed by atoms with E-state index >= 15 is 0 Å². The average Bonchev–Trinajstić information content (AvgIpc) is 2.38. The number of likely N-dealkylation sites (tertiary alicyclic amines) is 1. The summed E-state index contributed by atoms with van der Waals surface area (Å²) in [6.07, 6.45) is 2.40. The number of rotatable bonds is 3. The van der Waals surface area contributed by atoms with Crippen molar-refractivity contribution in [3.8, 4) is 6.07 Å². The molecule has 0 amide bonds. The molecule has 0 saturated carbocycles. The number of aromatic nitrogens is 1. The van der Waals surface area contributed by atoms with Crippen molar-refractivity contribution in [2.45, 2.75) is 26.8 Å². The molecule has 0 bridgehead atoms. The quantitative estimate of drug-likeness (QED) is 0.840.